The quantitative estimate of drug-likeness (QED) is 0.652. The van der Waals surface area contributed by atoms with E-state index < -0.39 is 0 Å². The lowest BCUT2D eigenvalue weighted by Gasteiger charge is -2.14. The molecular weight excluding hydrogens is 302 g/mol. The molecule has 130 valence electrons. The number of aromatic nitrogens is 3. The van der Waals surface area contributed by atoms with Crippen molar-refractivity contribution in [2.24, 2.45) is 11.0 Å². The molecule has 0 aromatic carbocycles. The van der Waals surface area contributed by atoms with Crippen LogP contribution in [0.5, 0.6) is 0 Å². The lowest BCUT2D eigenvalue weighted by molar-refractivity contribution is -0.121. The predicted molar refractivity (Wildman–Crippen MR) is 96.6 cm³/mol. The van der Waals surface area contributed by atoms with E-state index in [1.54, 1.807) is 6.21 Å². The molecule has 0 aliphatic heterocycles. The van der Waals surface area contributed by atoms with Crippen molar-refractivity contribution in [1.82, 2.24) is 19.8 Å². The minimum absolute atomic E-state index is 0.0621. The van der Waals surface area contributed by atoms with Crippen LogP contribution in [0.4, 0.5) is 0 Å². The summed E-state index contributed by atoms with van der Waals surface area (Å²) >= 11 is 0. The minimum atomic E-state index is -0.0621. The van der Waals surface area contributed by atoms with Crippen LogP contribution >= 0.6 is 0 Å². The average Bonchev–Trinajstić information content (AvgIpc) is 3.03. The Balaban J connectivity index is 2.23. The Kier molecular flexibility index (Phi) is 5.59. The third-order valence-electron chi connectivity index (χ3n) is 3.82. The molecule has 2 heterocycles. The summed E-state index contributed by atoms with van der Waals surface area (Å²) in [5, 5.41) is 8.49. The van der Waals surface area contributed by atoms with Crippen molar-refractivity contribution >= 4 is 12.1 Å². The van der Waals surface area contributed by atoms with Gasteiger partial charge in [0.05, 0.1) is 12.4 Å². The van der Waals surface area contributed by atoms with Crippen molar-refractivity contribution in [3.05, 3.63) is 35.3 Å². The molecule has 0 spiro atoms. The van der Waals surface area contributed by atoms with Crippen LogP contribution in [-0.4, -0.2) is 26.5 Å². The summed E-state index contributed by atoms with van der Waals surface area (Å²) < 4.78 is 4.15. The Morgan fingerprint density at radius 2 is 2.04 bits per heavy atom. The number of carbonyl (C=O) groups excluding carboxylic acids is 1. The third kappa shape index (κ3) is 3.93. The Bertz CT molecular complexity index is 737. The lowest BCUT2D eigenvalue weighted by Crippen LogP contribution is -2.19. The van der Waals surface area contributed by atoms with Crippen LogP contribution in [0.2, 0.25) is 0 Å². The maximum absolute atomic E-state index is 11.7. The van der Waals surface area contributed by atoms with Crippen LogP contribution < -0.4 is 5.43 Å². The lowest BCUT2D eigenvalue weighted by atomic mass is 10.1. The maximum atomic E-state index is 11.7. The van der Waals surface area contributed by atoms with Crippen molar-refractivity contribution in [2.45, 2.75) is 54.0 Å². The molecule has 2 rings (SSSR count). The molecule has 0 bridgehead atoms. The van der Waals surface area contributed by atoms with Crippen LogP contribution in [0, 0.1) is 19.8 Å². The van der Waals surface area contributed by atoms with Crippen LogP contribution in [0.15, 0.2) is 23.4 Å². The summed E-state index contributed by atoms with van der Waals surface area (Å²) in [5.41, 5.74) is 5.74. The monoisotopic (exact) mass is 329 g/mol. The molecule has 0 fully saturated rings. The summed E-state index contributed by atoms with van der Waals surface area (Å²) in [7, 11) is 0. The fraction of sp³-hybridized carbons (Fsp3) is 0.500. The number of hydrazone groups is 1. The van der Waals surface area contributed by atoms with E-state index in [1.807, 2.05) is 37.7 Å². The van der Waals surface area contributed by atoms with Crippen LogP contribution in [0.25, 0.3) is 5.82 Å². The maximum Gasteiger partial charge on any atom is 0.240 e. The molecule has 0 radical (unpaired) electrons. The summed E-state index contributed by atoms with van der Waals surface area (Å²) in [6, 6.07) is 4.35. The smallest absolute Gasteiger partial charge is 0.240 e. The molecule has 1 amide bonds. The summed E-state index contributed by atoms with van der Waals surface area (Å²) in [6.45, 7) is 12.3. The molecule has 0 unspecified atom stereocenters. The Labute approximate surface area is 143 Å². The second-order valence-electron chi connectivity index (χ2n) is 6.78. The molecule has 0 saturated heterocycles. The summed E-state index contributed by atoms with van der Waals surface area (Å²) in [6.07, 6.45) is 3.99. The van der Waals surface area contributed by atoms with Gasteiger partial charge < -0.3 is 4.57 Å². The van der Waals surface area contributed by atoms with Crippen molar-refractivity contribution in [2.75, 3.05) is 0 Å². The van der Waals surface area contributed by atoms with Gasteiger partial charge in [-0.2, -0.15) is 10.2 Å². The van der Waals surface area contributed by atoms with E-state index >= 15 is 0 Å². The van der Waals surface area contributed by atoms with Crippen molar-refractivity contribution in [3.63, 3.8) is 0 Å². The van der Waals surface area contributed by atoms with E-state index in [2.05, 4.69) is 47.0 Å². The van der Waals surface area contributed by atoms with Gasteiger partial charge in [-0.25, -0.2) is 10.1 Å². The van der Waals surface area contributed by atoms with Gasteiger partial charge in [0.1, 0.15) is 5.82 Å². The number of amides is 1. The van der Waals surface area contributed by atoms with Crippen LogP contribution in [-0.2, 0) is 4.79 Å². The SMILES string of the molecule is Cc1cc(/C=N\NC(=O)CC(C)C)c(C)n1-c1ccnn1C(C)C. The number of carbonyl (C=O) groups is 1. The number of nitrogens with zero attached hydrogens (tertiary/aromatic N) is 4. The van der Waals surface area contributed by atoms with Gasteiger partial charge in [0.25, 0.3) is 0 Å². The summed E-state index contributed by atoms with van der Waals surface area (Å²) in [4.78, 5) is 11.7. The zero-order chi connectivity index (χ0) is 17.9. The first-order valence-electron chi connectivity index (χ1n) is 8.36. The predicted octanol–water partition coefficient (Wildman–Crippen LogP) is 3.37. The van der Waals surface area contributed by atoms with Crippen LogP contribution in [0.3, 0.4) is 0 Å². The molecule has 0 aliphatic rings. The molecule has 2 aromatic heterocycles. The molecule has 24 heavy (non-hydrogen) atoms. The molecule has 0 aliphatic carbocycles. The molecule has 1 N–H and O–H groups in total. The zero-order valence-electron chi connectivity index (χ0n) is 15.4. The highest BCUT2D eigenvalue weighted by molar-refractivity contribution is 5.84. The molecule has 0 saturated carbocycles. The number of aryl methyl sites for hydroxylation is 1. The number of rotatable bonds is 6. The normalized spacial score (nSPS) is 11.8. The number of nitrogens with one attached hydrogen (secondary N) is 1. The first-order valence-corrected chi connectivity index (χ1v) is 8.36. The highest BCUT2D eigenvalue weighted by atomic mass is 16.2. The largest absolute Gasteiger partial charge is 0.303 e. The van der Waals surface area contributed by atoms with Gasteiger partial charge in [-0.1, -0.05) is 13.8 Å². The van der Waals surface area contributed by atoms with E-state index in [0.717, 1.165) is 22.8 Å². The second kappa shape index (κ2) is 7.47. The van der Waals surface area contributed by atoms with E-state index in [0.29, 0.717) is 12.3 Å². The standard InChI is InChI=1S/C18H27N5O/c1-12(2)9-17(24)21-19-11-16-10-14(5)22(15(16)6)18-7-8-20-23(18)13(3)4/h7-8,10-13H,9H2,1-6H3,(H,21,24)/b19-11-. The number of hydrogen-bond acceptors (Lipinski definition) is 3. The van der Waals surface area contributed by atoms with E-state index in [4.69, 9.17) is 0 Å². The average molecular weight is 329 g/mol. The highest BCUT2D eigenvalue weighted by Crippen LogP contribution is 2.21. The third-order valence-corrected chi connectivity index (χ3v) is 3.82. The molecule has 6 nitrogen and oxygen atoms in total. The molecule has 2 aromatic rings. The van der Waals surface area contributed by atoms with Crippen molar-refractivity contribution < 1.29 is 4.79 Å². The van der Waals surface area contributed by atoms with Crippen LogP contribution in [0.1, 0.15) is 57.1 Å². The van der Waals surface area contributed by atoms with Gasteiger partial charge in [-0.15, -0.1) is 0 Å². The first-order chi connectivity index (χ1) is 11.3. The van der Waals surface area contributed by atoms with Gasteiger partial charge in [0.15, 0.2) is 0 Å². The van der Waals surface area contributed by atoms with E-state index in [9.17, 15) is 4.79 Å². The molecular formula is C18H27N5O. The Hall–Kier alpha value is -2.37. The van der Waals surface area contributed by atoms with E-state index in [-0.39, 0.29) is 11.9 Å². The topological polar surface area (TPSA) is 64.2 Å². The van der Waals surface area contributed by atoms with Gasteiger partial charge in [0, 0.05) is 35.5 Å². The van der Waals surface area contributed by atoms with Gasteiger partial charge in [-0.3, -0.25) is 4.79 Å². The Morgan fingerprint density at radius 1 is 1.33 bits per heavy atom. The Morgan fingerprint density at radius 3 is 2.67 bits per heavy atom. The molecule has 0 atom stereocenters. The fourth-order valence-electron chi connectivity index (χ4n) is 2.74. The second-order valence-corrected chi connectivity index (χ2v) is 6.78. The summed E-state index contributed by atoms with van der Waals surface area (Å²) in [5.74, 6) is 1.29. The van der Waals surface area contributed by atoms with Gasteiger partial charge in [0.2, 0.25) is 5.91 Å². The van der Waals surface area contributed by atoms with Gasteiger partial charge in [-0.05, 0) is 39.7 Å². The van der Waals surface area contributed by atoms with E-state index in [1.165, 1.54) is 0 Å². The first kappa shape index (κ1) is 18.0. The zero-order valence-corrected chi connectivity index (χ0v) is 15.4. The molecule has 6 heteroatoms. The van der Waals surface area contributed by atoms with Crippen molar-refractivity contribution in [1.29, 1.82) is 0 Å². The fourth-order valence-corrected chi connectivity index (χ4v) is 2.74. The highest BCUT2D eigenvalue weighted by Gasteiger charge is 2.14. The minimum Gasteiger partial charge on any atom is -0.303 e. The van der Waals surface area contributed by atoms with Gasteiger partial charge >= 0.3 is 0 Å². The number of hydrogen-bond donors (Lipinski definition) is 1. The van der Waals surface area contributed by atoms with Crippen molar-refractivity contribution in [3.8, 4) is 5.82 Å².